The van der Waals surface area contributed by atoms with Gasteiger partial charge in [0, 0.05) is 17.3 Å². The molecular formula is C21H20N4O2. The number of nitrogens with one attached hydrogen (secondary N) is 1. The Morgan fingerprint density at radius 2 is 1.93 bits per heavy atom. The third-order valence-corrected chi connectivity index (χ3v) is 4.24. The molecule has 0 aliphatic heterocycles. The van der Waals surface area contributed by atoms with Crippen LogP contribution in [0.5, 0.6) is 0 Å². The van der Waals surface area contributed by atoms with Crippen LogP contribution in [-0.2, 0) is 0 Å². The van der Waals surface area contributed by atoms with Crippen molar-refractivity contribution in [2.75, 3.05) is 5.32 Å². The summed E-state index contributed by atoms with van der Waals surface area (Å²) >= 11 is 0. The lowest BCUT2D eigenvalue weighted by molar-refractivity contribution is 0.101. The highest BCUT2D eigenvalue weighted by molar-refractivity contribution is 6.03. The van der Waals surface area contributed by atoms with Crippen LogP contribution >= 0.6 is 0 Å². The van der Waals surface area contributed by atoms with Gasteiger partial charge in [0.1, 0.15) is 11.2 Å². The number of hydrogen-bond donors (Lipinski definition) is 1. The number of aromatic nitrogens is 3. The quantitative estimate of drug-likeness (QED) is 0.565. The van der Waals surface area contributed by atoms with Gasteiger partial charge in [-0.3, -0.25) is 9.48 Å². The van der Waals surface area contributed by atoms with Gasteiger partial charge in [-0.1, -0.05) is 18.2 Å². The Hall–Kier alpha value is -3.41. The van der Waals surface area contributed by atoms with E-state index in [1.165, 1.54) is 0 Å². The highest BCUT2D eigenvalue weighted by atomic mass is 16.3. The van der Waals surface area contributed by atoms with Crippen LogP contribution in [0.15, 0.2) is 59.0 Å². The zero-order valence-electron chi connectivity index (χ0n) is 15.4. The summed E-state index contributed by atoms with van der Waals surface area (Å²) in [5.41, 5.74) is 4.37. The van der Waals surface area contributed by atoms with E-state index in [1.807, 2.05) is 69.3 Å². The lowest BCUT2D eigenvalue weighted by Crippen LogP contribution is -2.19. The Morgan fingerprint density at radius 3 is 2.70 bits per heavy atom. The number of carbonyl (C=O) groups is 1. The van der Waals surface area contributed by atoms with Crippen molar-refractivity contribution in [3.05, 3.63) is 66.0 Å². The first kappa shape index (κ1) is 17.0. The highest BCUT2D eigenvalue weighted by Crippen LogP contribution is 2.26. The summed E-state index contributed by atoms with van der Waals surface area (Å²) < 4.78 is 7.55. The van der Waals surface area contributed by atoms with Gasteiger partial charge in [-0.05, 0) is 57.2 Å². The van der Waals surface area contributed by atoms with Gasteiger partial charge in [0.15, 0.2) is 5.58 Å². The zero-order chi connectivity index (χ0) is 19.0. The zero-order valence-corrected chi connectivity index (χ0v) is 15.4. The minimum absolute atomic E-state index is 0.102. The number of aryl methyl sites for hydroxylation is 1. The van der Waals surface area contributed by atoms with Crippen molar-refractivity contribution in [1.82, 2.24) is 14.8 Å². The van der Waals surface area contributed by atoms with E-state index in [0.29, 0.717) is 17.3 Å². The maximum atomic E-state index is 12.7. The number of nitrogens with zero attached hydrogens (tertiary/aromatic N) is 3. The molecule has 2 aromatic carbocycles. The van der Waals surface area contributed by atoms with E-state index in [9.17, 15) is 4.79 Å². The normalized spacial score (nSPS) is 11.3. The summed E-state index contributed by atoms with van der Waals surface area (Å²) in [6.45, 7) is 5.87. The second-order valence-electron chi connectivity index (χ2n) is 6.73. The van der Waals surface area contributed by atoms with E-state index in [-0.39, 0.29) is 11.9 Å². The summed E-state index contributed by atoms with van der Waals surface area (Å²) in [6.07, 6.45) is 0. The standard InChI is InChI=1S/C21H20N4O2/c1-13(2)25-18(11-14(3)24-25)20(26)22-16-8-6-7-15(12-16)21-23-17-9-4-5-10-19(17)27-21/h4-13H,1-3H3,(H,22,26). The summed E-state index contributed by atoms with van der Waals surface area (Å²) in [4.78, 5) is 17.2. The molecular weight excluding hydrogens is 340 g/mol. The van der Waals surface area contributed by atoms with Crippen LogP contribution in [0.1, 0.15) is 36.1 Å². The smallest absolute Gasteiger partial charge is 0.273 e. The van der Waals surface area contributed by atoms with Crippen molar-refractivity contribution in [2.24, 2.45) is 0 Å². The van der Waals surface area contributed by atoms with Crippen LogP contribution in [0.4, 0.5) is 5.69 Å². The summed E-state index contributed by atoms with van der Waals surface area (Å²) in [5, 5.41) is 7.33. The average molecular weight is 360 g/mol. The van der Waals surface area contributed by atoms with Crippen molar-refractivity contribution >= 4 is 22.7 Å². The SMILES string of the molecule is Cc1cc(C(=O)Nc2cccc(-c3nc4ccccc4o3)c2)n(C(C)C)n1. The fourth-order valence-electron chi connectivity index (χ4n) is 3.00. The van der Waals surface area contributed by atoms with E-state index < -0.39 is 0 Å². The Kier molecular flexibility index (Phi) is 4.24. The van der Waals surface area contributed by atoms with Gasteiger partial charge >= 0.3 is 0 Å². The second kappa shape index (κ2) is 6.72. The molecule has 1 amide bonds. The molecule has 27 heavy (non-hydrogen) atoms. The molecule has 0 radical (unpaired) electrons. The van der Waals surface area contributed by atoms with Gasteiger partial charge in [-0.2, -0.15) is 5.10 Å². The van der Waals surface area contributed by atoms with Gasteiger partial charge in [0.05, 0.1) is 5.69 Å². The topological polar surface area (TPSA) is 73.0 Å². The first-order valence-corrected chi connectivity index (χ1v) is 8.85. The molecule has 6 heteroatoms. The van der Waals surface area contributed by atoms with Crippen molar-refractivity contribution in [1.29, 1.82) is 0 Å². The molecule has 0 spiro atoms. The Morgan fingerprint density at radius 1 is 1.11 bits per heavy atom. The first-order valence-electron chi connectivity index (χ1n) is 8.85. The molecule has 6 nitrogen and oxygen atoms in total. The molecule has 136 valence electrons. The summed E-state index contributed by atoms with van der Waals surface area (Å²) in [5.74, 6) is 0.328. The number of amides is 1. The molecule has 2 heterocycles. The molecule has 0 saturated carbocycles. The number of oxazole rings is 1. The molecule has 4 rings (SSSR count). The summed E-state index contributed by atoms with van der Waals surface area (Å²) in [6, 6.07) is 17.0. The van der Waals surface area contributed by atoms with Crippen molar-refractivity contribution in [3.63, 3.8) is 0 Å². The van der Waals surface area contributed by atoms with Crippen LogP contribution < -0.4 is 5.32 Å². The van der Waals surface area contributed by atoms with E-state index in [1.54, 1.807) is 10.7 Å². The number of benzene rings is 2. The van der Waals surface area contributed by atoms with Gasteiger partial charge < -0.3 is 9.73 Å². The van der Waals surface area contributed by atoms with Gasteiger partial charge in [0.2, 0.25) is 5.89 Å². The van der Waals surface area contributed by atoms with Crippen molar-refractivity contribution in [2.45, 2.75) is 26.8 Å². The van der Waals surface area contributed by atoms with E-state index in [4.69, 9.17) is 4.42 Å². The minimum Gasteiger partial charge on any atom is -0.436 e. The number of carbonyl (C=O) groups excluding carboxylic acids is 1. The molecule has 2 aromatic heterocycles. The predicted molar refractivity (Wildman–Crippen MR) is 105 cm³/mol. The fraction of sp³-hybridized carbons (Fsp3) is 0.190. The monoisotopic (exact) mass is 360 g/mol. The maximum absolute atomic E-state index is 12.7. The van der Waals surface area contributed by atoms with Crippen molar-refractivity contribution in [3.8, 4) is 11.5 Å². The Labute approximate surface area is 156 Å². The lowest BCUT2D eigenvalue weighted by Gasteiger charge is -2.11. The number of para-hydroxylation sites is 2. The lowest BCUT2D eigenvalue weighted by atomic mass is 10.2. The number of anilines is 1. The molecule has 0 unspecified atom stereocenters. The molecule has 0 saturated heterocycles. The molecule has 4 aromatic rings. The van der Waals surface area contributed by atoms with Crippen LogP contribution in [0.2, 0.25) is 0 Å². The maximum Gasteiger partial charge on any atom is 0.273 e. The largest absolute Gasteiger partial charge is 0.436 e. The second-order valence-corrected chi connectivity index (χ2v) is 6.73. The van der Waals surface area contributed by atoms with E-state index in [0.717, 1.165) is 22.4 Å². The number of rotatable bonds is 4. The van der Waals surface area contributed by atoms with E-state index >= 15 is 0 Å². The van der Waals surface area contributed by atoms with Gasteiger partial charge in [0.25, 0.3) is 5.91 Å². The van der Waals surface area contributed by atoms with Crippen LogP contribution in [-0.4, -0.2) is 20.7 Å². The highest BCUT2D eigenvalue weighted by Gasteiger charge is 2.16. The average Bonchev–Trinajstić information content (AvgIpc) is 3.25. The van der Waals surface area contributed by atoms with E-state index in [2.05, 4.69) is 15.4 Å². The Bertz CT molecular complexity index is 1090. The van der Waals surface area contributed by atoms with Crippen LogP contribution in [0.25, 0.3) is 22.6 Å². The fourth-order valence-corrected chi connectivity index (χ4v) is 3.00. The predicted octanol–water partition coefficient (Wildman–Crippen LogP) is 4.83. The van der Waals surface area contributed by atoms with Crippen LogP contribution in [0.3, 0.4) is 0 Å². The molecule has 0 atom stereocenters. The molecule has 0 aliphatic rings. The van der Waals surface area contributed by atoms with Gasteiger partial charge in [-0.15, -0.1) is 0 Å². The van der Waals surface area contributed by atoms with Gasteiger partial charge in [-0.25, -0.2) is 4.98 Å². The van der Waals surface area contributed by atoms with Crippen LogP contribution in [0, 0.1) is 6.92 Å². The minimum atomic E-state index is -0.195. The summed E-state index contributed by atoms with van der Waals surface area (Å²) in [7, 11) is 0. The molecule has 0 fully saturated rings. The first-order chi connectivity index (χ1) is 13.0. The third-order valence-electron chi connectivity index (χ3n) is 4.24. The Balaban J connectivity index is 1.62. The van der Waals surface area contributed by atoms with Crippen molar-refractivity contribution < 1.29 is 9.21 Å². The number of fused-ring (bicyclic) bond motifs is 1. The molecule has 1 N–H and O–H groups in total. The third kappa shape index (κ3) is 3.33. The molecule has 0 bridgehead atoms. The number of hydrogen-bond acceptors (Lipinski definition) is 4. The molecule has 0 aliphatic carbocycles.